The third-order valence-electron chi connectivity index (χ3n) is 4.42. The molecular weight excluding hydrogens is 336 g/mol. The SMILES string of the molecule is CC(=O)NCc1nccnc1C1CCN(C(=O)c2cc(C)cs2)CC1. The molecule has 2 aromatic heterocycles. The van der Waals surface area contributed by atoms with Crippen LogP contribution < -0.4 is 5.32 Å². The van der Waals surface area contributed by atoms with Crippen LogP contribution in [0.4, 0.5) is 0 Å². The molecule has 0 spiro atoms. The highest BCUT2D eigenvalue weighted by atomic mass is 32.1. The van der Waals surface area contributed by atoms with Crippen LogP contribution >= 0.6 is 11.3 Å². The normalized spacial score (nSPS) is 15.2. The third-order valence-corrected chi connectivity index (χ3v) is 5.46. The summed E-state index contributed by atoms with van der Waals surface area (Å²) in [5.41, 5.74) is 2.89. The predicted octanol–water partition coefficient (Wildman–Crippen LogP) is 2.50. The van der Waals surface area contributed by atoms with Crippen LogP contribution in [0.15, 0.2) is 23.8 Å². The van der Waals surface area contributed by atoms with Crippen molar-refractivity contribution in [2.45, 2.75) is 39.2 Å². The molecule has 1 fully saturated rings. The Morgan fingerprint density at radius 2 is 2.00 bits per heavy atom. The lowest BCUT2D eigenvalue weighted by Gasteiger charge is -2.32. The number of carbonyl (C=O) groups is 2. The maximum Gasteiger partial charge on any atom is 0.263 e. The maximum absolute atomic E-state index is 12.6. The Balaban J connectivity index is 1.64. The summed E-state index contributed by atoms with van der Waals surface area (Å²) in [5, 5.41) is 4.80. The number of aryl methyl sites for hydroxylation is 1. The first kappa shape index (κ1) is 17.5. The quantitative estimate of drug-likeness (QED) is 0.911. The van der Waals surface area contributed by atoms with Crippen molar-refractivity contribution in [2.24, 2.45) is 0 Å². The fraction of sp³-hybridized carbons (Fsp3) is 0.444. The number of piperidine rings is 1. The number of hydrogen-bond acceptors (Lipinski definition) is 5. The number of aromatic nitrogens is 2. The van der Waals surface area contributed by atoms with Crippen LogP contribution in [0.25, 0.3) is 0 Å². The highest BCUT2D eigenvalue weighted by Crippen LogP contribution is 2.29. The van der Waals surface area contributed by atoms with E-state index in [2.05, 4.69) is 15.3 Å². The van der Waals surface area contributed by atoms with Gasteiger partial charge in [0.05, 0.1) is 22.8 Å². The topological polar surface area (TPSA) is 75.2 Å². The van der Waals surface area contributed by atoms with Crippen molar-refractivity contribution in [1.82, 2.24) is 20.2 Å². The van der Waals surface area contributed by atoms with Gasteiger partial charge in [-0.3, -0.25) is 19.6 Å². The molecule has 1 aliphatic rings. The van der Waals surface area contributed by atoms with Crippen LogP contribution in [0, 0.1) is 6.92 Å². The molecule has 0 radical (unpaired) electrons. The van der Waals surface area contributed by atoms with Gasteiger partial charge in [0, 0.05) is 38.3 Å². The Hall–Kier alpha value is -2.28. The highest BCUT2D eigenvalue weighted by Gasteiger charge is 2.27. The Labute approximate surface area is 151 Å². The molecule has 0 saturated carbocycles. The molecule has 0 unspecified atom stereocenters. The number of rotatable bonds is 4. The summed E-state index contributed by atoms with van der Waals surface area (Å²) in [4.78, 5) is 35.3. The molecule has 3 heterocycles. The van der Waals surface area contributed by atoms with Crippen molar-refractivity contribution in [3.63, 3.8) is 0 Å². The molecule has 0 aliphatic carbocycles. The van der Waals surface area contributed by atoms with Gasteiger partial charge in [0.25, 0.3) is 5.91 Å². The van der Waals surface area contributed by atoms with Crippen molar-refractivity contribution in [3.05, 3.63) is 45.7 Å². The summed E-state index contributed by atoms with van der Waals surface area (Å²) >= 11 is 1.51. The second kappa shape index (κ2) is 7.74. The third kappa shape index (κ3) is 4.22. The summed E-state index contributed by atoms with van der Waals surface area (Å²) in [6, 6.07) is 1.95. The van der Waals surface area contributed by atoms with Gasteiger partial charge in [-0.05, 0) is 36.8 Å². The second-order valence-electron chi connectivity index (χ2n) is 6.35. The van der Waals surface area contributed by atoms with E-state index >= 15 is 0 Å². The summed E-state index contributed by atoms with van der Waals surface area (Å²) in [5.74, 6) is 0.309. The zero-order valence-electron chi connectivity index (χ0n) is 14.5. The molecule has 0 atom stereocenters. The predicted molar refractivity (Wildman–Crippen MR) is 96.5 cm³/mol. The van der Waals surface area contributed by atoms with Gasteiger partial charge in [-0.1, -0.05) is 0 Å². The number of nitrogens with one attached hydrogen (secondary N) is 1. The van der Waals surface area contributed by atoms with Gasteiger partial charge < -0.3 is 10.2 Å². The van der Waals surface area contributed by atoms with Gasteiger partial charge in [0.2, 0.25) is 5.91 Å². The first-order chi connectivity index (χ1) is 12.0. The van der Waals surface area contributed by atoms with E-state index in [0.29, 0.717) is 6.54 Å². The van der Waals surface area contributed by atoms with E-state index in [1.165, 1.54) is 18.3 Å². The summed E-state index contributed by atoms with van der Waals surface area (Å²) in [6.07, 6.45) is 5.07. The first-order valence-electron chi connectivity index (χ1n) is 8.43. The Kier molecular flexibility index (Phi) is 5.43. The molecule has 1 aliphatic heterocycles. The zero-order chi connectivity index (χ0) is 17.8. The van der Waals surface area contributed by atoms with Crippen molar-refractivity contribution in [1.29, 1.82) is 0 Å². The molecule has 132 valence electrons. The van der Waals surface area contributed by atoms with Crippen molar-refractivity contribution >= 4 is 23.2 Å². The Bertz CT molecular complexity index is 766. The largest absolute Gasteiger partial charge is 0.351 e. The van der Waals surface area contributed by atoms with Crippen molar-refractivity contribution < 1.29 is 9.59 Å². The minimum absolute atomic E-state index is 0.0803. The fourth-order valence-electron chi connectivity index (χ4n) is 3.12. The van der Waals surface area contributed by atoms with Crippen LogP contribution in [-0.4, -0.2) is 39.8 Å². The van der Waals surface area contributed by atoms with Crippen LogP contribution in [0.1, 0.15) is 52.3 Å². The Morgan fingerprint density at radius 1 is 1.28 bits per heavy atom. The minimum atomic E-state index is -0.0803. The van der Waals surface area contributed by atoms with Crippen LogP contribution in [0.3, 0.4) is 0 Å². The Morgan fingerprint density at radius 3 is 2.64 bits per heavy atom. The first-order valence-corrected chi connectivity index (χ1v) is 9.31. The van der Waals surface area contributed by atoms with E-state index in [1.54, 1.807) is 12.4 Å². The van der Waals surface area contributed by atoms with Crippen molar-refractivity contribution in [3.8, 4) is 0 Å². The second-order valence-corrected chi connectivity index (χ2v) is 7.26. The monoisotopic (exact) mass is 358 g/mol. The van der Waals surface area contributed by atoms with Crippen LogP contribution in [0.2, 0.25) is 0 Å². The van der Waals surface area contributed by atoms with Gasteiger partial charge in [-0.15, -0.1) is 11.3 Å². The number of amides is 2. The number of thiophene rings is 1. The van der Waals surface area contributed by atoms with E-state index in [0.717, 1.165) is 47.8 Å². The molecule has 3 rings (SSSR count). The zero-order valence-corrected chi connectivity index (χ0v) is 15.3. The molecular formula is C18H22N4O2S. The molecule has 2 amide bonds. The fourth-order valence-corrected chi connectivity index (χ4v) is 3.98. The van der Waals surface area contributed by atoms with Crippen molar-refractivity contribution in [2.75, 3.05) is 13.1 Å². The average molecular weight is 358 g/mol. The molecule has 0 bridgehead atoms. The molecule has 1 N–H and O–H groups in total. The van der Waals surface area contributed by atoms with E-state index in [1.807, 2.05) is 23.3 Å². The lowest BCUT2D eigenvalue weighted by atomic mass is 9.91. The highest BCUT2D eigenvalue weighted by molar-refractivity contribution is 7.12. The summed E-state index contributed by atoms with van der Waals surface area (Å²) in [7, 11) is 0. The minimum Gasteiger partial charge on any atom is -0.351 e. The van der Waals surface area contributed by atoms with Gasteiger partial charge in [0.15, 0.2) is 0 Å². The van der Waals surface area contributed by atoms with E-state index < -0.39 is 0 Å². The average Bonchev–Trinajstić information content (AvgIpc) is 3.06. The molecule has 2 aromatic rings. The van der Waals surface area contributed by atoms with Gasteiger partial charge in [-0.25, -0.2) is 0 Å². The standard InChI is InChI=1S/C18H22N4O2S/c1-12-9-16(25-11-12)18(24)22-7-3-14(4-8-22)17-15(10-21-13(2)23)19-5-6-20-17/h5-6,9,11,14H,3-4,7-8,10H2,1-2H3,(H,21,23). The lowest BCUT2D eigenvalue weighted by Crippen LogP contribution is -2.38. The lowest BCUT2D eigenvalue weighted by molar-refractivity contribution is -0.119. The number of nitrogens with zero attached hydrogens (tertiary/aromatic N) is 3. The molecule has 25 heavy (non-hydrogen) atoms. The van der Waals surface area contributed by atoms with E-state index in [4.69, 9.17) is 0 Å². The number of hydrogen-bond donors (Lipinski definition) is 1. The van der Waals surface area contributed by atoms with Crippen LogP contribution in [0.5, 0.6) is 0 Å². The number of likely N-dealkylation sites (tertiary alicyclic amines) is 1. The molecule has 1 saturated heterocycles. The molecule has 6 nitrogen and oxygen atoms in total. The van der Waals surface area contributed by atoms with E-state index in [-0.39, 0.29) is 17.7 Å². The van der Waals surface area contributed by atoms with Gasteiger partial charge in [0.1, 0.15) is 0 Å². The summed E-state index contributed by atoms with van der Waals surface area (Å²) in [6.45, 7) is 5.33. The molecule has 7 heteroatoms. The smallest absolute Gasteiger partial charge is 0.263 e. The summed E-state index contributed by atoms with van der Waals surface area (Å²) < 4.78 is 0. The van der Waals surface area contributed by atoms with Crippen LogP contribution in [-0.2, 0) is 11.3 Å². The van der Waals surface area contributed by atoms with E-state index in [9.17, 15) is 9.59 Å². The number of carbonyl (C=O) groups excluding carboxylic acids is 2. The maximum atomic E-state index is 12.6. The molecule has 0 aromatic carbocycles. The van der Waals surface area contributed by atoms with Gasteiger partial charge >= 0.3 is 0 Å². The van der Waals surface area contributed by atoms with Gasteiger partial charge in [-0.2, -0.15) is 0 Å².